The van der Waals surface area contributed by atoms with Crippen LogP contribution in [0.15, 0.2) is 41.3 Å². The Bertz CT molecular complexity index is 1430. The maximum absolute atomic E-state index is 13.1. The van der Waals surface area contributed by atoms with Gasteiger partial charge in [0.25, 0.3) is 5.56 Å². The number of rotatable bonds is 7. The summed E-state index contributed by atoms with van der Waals surface area (Å²) >= 11 is 6.02. The van der Waals surface area contributed by atoms with Crippen LogP contribution in [-0.4, -0.2) is 35.4 Å². The van der Waals surface area contributed by atoms with Crippen molar-refractivity contribution >= 4 is 34.4 Å². The van der Waals surface area contributed by atoms with Crippen LogP contribution in [0.1, 0.15) is 57.6 Å². The Labute approximate surface area is 213 Å². The molecule has 0 spiro atoms. The van der Waals surface area contributed by atoms with Gasteiger partial charge in [0.1, 0.15) is 11.2 Å². The second kappa shape index (κ2) is 10.3. The minimum Gasteiger partial charge on any atom is -0.310 e. The first kappa shape index (κ1) is 24.2. The lowest BCUT2D eigenvalue weighted by Gasteiger charge is -2.27. The van der Waals surface area contributed by atoms with Gasteiger partial charge in [0.2, 0.25) is 11.9 Å². The number of hydrogen-bond acceptors (Lipinski definition) is 5. The molecule has 1 fully saturated rings. The van der Waals surface area contributed by atoms with Gasteiger partial charge < -0.3 is 5.32 Å². The normalized spacial score (nSPS) is 18.0. The predicted octanol–water partition coefficient (Wildman–Crippen LogP) is 5.19. The summed E-state index contributed by atoms with van der Waals surface area (Å²) in [4.78, 5) is 33.4. The van der Waals surface area contributed by atoms with Gasteiger partial charge in [-0.05, 0) is 62.8 Å². The lowest BCUT2D eigenvalue weighted by atomic mass is 9.79. The number of anilines is 1. The van der Waals surface area contributed by atoms with E-state index in [1.54, 1.807) is 35.0 Å². The zero-order valence-electron chi connectivity index (χ0n) is 20.5. The number of carbonyl (C=O) groups excluding carboxylic acids is 1. The minimum atomic E-state index is -0.342. The summed E-state index contributed by atoms with van der Waals surface area (Å²) in [6, 6.07) is 8.89. The number of halogens is 1. The van der Waals surface area contributed by atoms with Gasteiger partial charge in [-0.25, -0.2) is 4.68 Å². The Hall–Kier alpha value is -3.46. The molecule has 9 nitrogen and oxygen atoms in total. The van der Waals surface area contributed by atoms with Crippen LogP contribution >= 0.6 is 11.6 Å². The van der Waals surface area contributed by atoms with Crippen molar-refractivity contribution in [3.05, 3.63) is 57.6 Å². The lowest BCUT2D eigenvalue weighted by molar-refractivity contribution is -0.121. The number of carbonyl (C=O) groups is 1. The van der Waals surface area contributed by atoms with E-state index in [1.165, 1.54) is 30.1 Å². The molecule has 5 rings (SSSR count). The molecule has 0 saturated heterocycles. The molecular formula is C26H30ClN7O2. The van der Waals surface area contributed by atoms with Gasteiger partial charge in [-0.3, -0.25) is 14.6 Å². The molecule has 0 radical (unpaired) electrons. The van der Waals surface area contributed by atoms with E-state index >= 15 is 0 Å². The Balaban J connectivity index is 1.41. The molecule has 188 valence electrons. The van der Waals surface area contributed by atoms with Crippen molar-refractivity contribution in [1.29, 1.82) is 0 Å². The number of unbranched alkanes of at least 4 members (excludes halogenated alkanes) is 1. The summed E-state index contributed by atoms with van der Waals surface area (Å²) in [6.45, 7) is 4.05. The van der Waals surface area contributed by atoms with E-state index < -0.39 is 0 Å². The first-order chi connectivity index (χ1) is 17.4. The fourth-order valence-electron chi connectivity index (χ4n) is 4.96. The highest BCUT2D eigenvalue weighted by molar-refractivity contribution is 6.30. The highest BCUT2D eigenvalue weighted by Crippen LogP contribution is 2.32. The Kier molecular flexibility index (Phi) is 6.91. The Morgan fingerprint density at radius 3 is 2.64 bits per heavy atom. The summed E-state index contributed by atoms with van der Waals surface area (Å²) in [5.41, 5.74) is 1.46. The first-order valence-electron chi connectivity index (χ1n) is 12.5. The molecule has 1 saturated carbocycles. The topological polar surface area (TPSA) is 110 Å². The van der Waals surface area contributed by atoms with Crippen molar-refractivity contribution < 1.29 is 4.79 Å². The largest absolute Gasteiger partial charge is 0.310 e. The number of hydrogen-bond donors (Lipinski definition) is 2. The van der Waals surface area contributed by atoms with Gasteiger partial charge >= 0.3 is 0 Å². The zero-order valence-corrected chi connectivity index (χ0v) is 21.3. The van der Waals surface area contributed by atoms with Gasteiger partial charge in [-0.1, -0.05) is 37.8 Å². The first-order valence-corrected chi connectivity index (χ1v) is 12.9. The van der Waals surface area contributed by atoms with Crippen LogP contribution in [0.2, 0.25) is 5.02 Å². The van der Waals surface area contributed by atoms with E-state index in [0.717, 1.165) is 37.3 Å². The average molecular weight is 508 g/mol. The second-order valence-electron chi connectivity index (χ2n) is 9.59. The molecule has 1 aromatic carbocycles. The van der Waals surface area contributed by atoms with Crippen LogP contribution < -0.4 is 10.9 Å². The molecule has 0 bridgehead atoms. The maximum Gasteiger partial charge on any atom is 0.263 e. The highest BCUT2D eigenvalue weighted by Gasteiger charge is 2.27. The molecule has 0 aliphatic heterocycles. The third kappa shape index (κ3) is 4.93. The van der Waals surface area contributed by atoms with Crippen molar-refractivity contribution in [2.24, 2.45) is 11.8 Å². The smallest absolute Gasteiger partial charge is 0.263 e. The van der Waals surface area contributed by atoms with E-state index in [9.17, 15) is 9.59 Å². The summed E-state index contributed by atoms with van der Waals surface area (Å²) < 4.78 is 3.05. The van der Waals surface area contributed by atoms with Gasteiger partial charge in [0.15, 0.2) is 5.65 Å². The summed E-state index contributed by atoms with van der Waals surface area (Å²) in [5, 5.41) is 12.8. The van der Waals surface area contributed by atoms with Crippen LogP contribution in [-0.2, 0) is 4.79 Å². The van der Waals surface area contributed by atoms with Crippen molar-refractivity contribution in [1.82, 2.24) is 29.5 Å². The third-order valence-electron chi connectivity index (χ3n) is 6.96. The standard InChI is InChI=1S/C26H30ClN7O2/c1-3-4-5-17-6-8-18(9-7-17)24(35)29-22-14-16(2)32-34(22)26-30-23-21(25(36)31-26)15-28-33(23)20-12-10-19(27)11-13-20/h10-15,17-18H,3-9H2,1-2H3,(H,29,35)(H,30,31,36). The fourth-order valence-corrected chi connectivity index (χ4v) is 5.09. The van der Waals surface area contributed by atoms with Gasteiger partial charge in [0.05, 0.1) is 17.6 Å². The lowest BCUT2D eigenvalue weighted by Crippen LogP contribution is -2.28. The van der Waals surface area contributed by atoms with Crippen LogP contribution in [0.5, 0.6) is 0 Å². The second-order valence-corrected chi connectivity index (χ2v) is 10.0. The molecule has 3 heterocycles. The molecule has 1 aliphatic carbocycles. The number of H-pyrrole nitrogens is 1. The van der Waals surface area contributed by atoms with E-state index in [-0.39, 0.29) is 23.3 Å². The SMILES string of the molecule is CCCCC1CCC(C(=O)Nc2cc(C)nn2-c2nc3c(cnn3-c3ccc(Cl)cc3)c(=O)[nH]2)CC1. The highest BCUT2D eigenvalue weighted by atomic mass is 35.5. The zero-order chi connectivity index (χ0) is 25.2. The van der Waals surface area contributed by atoms with Crippen molar-refractivity contribution in [3.63, 3.8) is 0 Å². The number of aryl methyl sites for hydroxylation is 1. The molecule has 0 unspecified atom stereocenters. The van der Waals surface area contributed by atoms with Crippen LogP contribution in [0.4, 0.5) is 5.82 Å². The quantitative estimate of drug-likeness (QED) is 0.357. The molecular weight excluding hydrogens is 478 g/mol. The van der Waals surface area contributed by atoms with E-state index in [1.807, 2.05) is 6.92 Å². The number of aromatic nitrogens is 6. The van der Waals surface area contributed by atoms with Crippen molar-refractivity contribution in [3.8, 4) is 11.6 Å². The molecule has 10 heteroatoms. The van der Waals surface area contributed by atoms with E-state index in [2.05, 4.69) is 32.4 Å². The number of nitrogens with one attached hydrogen (secondary N) is 2. The third-order valence-corrected chi connectivity index (χ3v) is 7.22. The minimum absolute atomic E-state index is 0.0141. The Morgan fingerprint density at radius 1 is 1.17 bits per heavy atom. The number of aromatic amines is 1. The molecule has 3 aromatic heterocycles. The van der Waals surface area contributed by atoms with Crippen molar-refractivity contribution in [2.75, 3.05) is 5.32 Å². The van der Waals surface area contributed by atoms with Gasteiger partial charge in [0, 0.05) is 17.0 Å². The molecule has 4 aromatic rings. The van der Waals surface area contributed by atoms with Crippen LogP contribution in [0.25, 0.3) is 22.7 Å². The Morgan fingerprint density at radius 2 is 1.92 bits per heavy atom. The molecule has 1 aliphatic rings. The van der Waals surface area contributed by atoms with Gasteiger partial charge in [-0.15, -0.1) is 0 Å². The number of amides is 1. The summed E-state index contributed by atoms with van der Waals surface area (Å²) in [7, 11) is 0. The van der Waals surface area contributed by atoms with Crippen LogP contribution in [0.3, 0.4) is 0 Å². The summed E-state index contributed by atoms with van der Waals surface area (Å²) in [5.74, 6) is 1.38. The van der Waals surface area contributed by atoms with Crippen molar-refractivity contribution in [2.45, 2.75) is 58.8 Å². The number of fused-ring (bicyclic) bond motifs is 1. The predicted molar refractivity (Wildman–Crippen MR) is 140 cm³/mol. The van der Waals surface area contributed by atoms with E-state index in [0.29, 0.717) is 27.6 Å². The molecule has 1 amide bonds. The molecule has 2 N–H and O–H groups in total. The number of nitrogens with zero attached hydrogens (tertiary/aromatic N) is 5. The van der Waals surface area contributed by atoms with Crippen LogP contribution in [0, 0.1) is 18.8 Å². The van der Waals surface area contributed by atoms with Gasteiger partial charge in [-0.2, -0.15) is 19.9 Å². The maximum atomic E-state index is 13.1. The molecule has 36 heavy (non-hydrogen) atoms. The monoisotopic (exact) mass is 507 g/mol. The summed E-state index contributed by atoms with van der Waals surface area (Å²) in [6.07, 6.45) is 9.19. The fraction of sp³-hybridized carbons (Fsp3) is 0.423. The average Bonchev–Trinajstić information content (AvgIpc) is 3.47. The molecule has 0 atom stereocenters. The number of benzene rings is 1. The van der Waals surface area contributed by atoms with E-state index in [4.69, 9.17) is 11.6 Å².